The highest BCUT2D eigenvalue weighted by atomic mass is 35.5. The maximum atomic E-state index is 13.1. The molecule has 1 heterocycles. The molecule has 0 fully saturated rings. The lowest BCUT2D eigenvalue weighted by atomic mass is 9.97. The molecule has 0 saturated heterocycles. The van der Waals surface area contributed by atoms with Crippen LogP contribution in [0.3, 0.4) is 0 Å². The molecule has 28 heavy (non-hydrogen) atoms. The van der Waals surface area contributed by atoms with E-state index in [0.29, 0.717) is 39.0 Å². The van der Waals surface area contributed by atoms with E-state index in [0.717, 1.165) is 19.3 Å². The highest BCUT2D eigenvalue weighted by molar-refractivity contribution is 6.42. The van der Waals surface area contributed by atoms with Crippen LogP contribution in [0.25, 0.3) is 6.08 Å². The van der Waals surface area contributed by atoms with Crippen LogP contribution in [-0.4, -0.2) is 30.4 Å². The summed E-state index contributed by atoms with van der Waals surface area (Å²) in [5.41, 5.74) is 3.33. The fourth-order valence-corrected chi connectivity index (χ4v) is 3.96. The molecule has 148 valence electrons. The van der Waals surface area contributed by atoms with Gasteiger partial charge in [-0.1, -0.05) is 40.9 Å². The molecule has 0 atom stereocenters. The number of halogens is 2. The molecular weight excluding hydrogens is 397 g/mol. The highest BCUT2D eigenvalue weighted by Gasteiger charge is 2.36. The fraction of sp³-hybridized carbons (Fsp3) is 0.364. The number of carbonyl (C=O) groups excluding carboxylic acids is 2. The van der Waals surface area contributed by atoms with E-state index in [1.165, 1.54) is 25.5 Å². The van der Waals surface area contributed by atoms with Gasteiger partial charge in [0.2, 0.25) is 0 Å². The second-order valence-electron chi connectivity index (χ2n) is 7.00. The average Bonchev–Trinajstić information content (AvgIpc) is 2.93. The van der Waals surface area contributed by atoms with Gasteiger partial charge in [-0.2, -0.15) is 0 Å². The van der Waals surface area contributed by atoms with Gasteiger partial charge in [0.1, 0.15) is 0 Å². The maximum Gasteiger partial charge on any atom is 0.340 e. The number of benzene rings is 1. The summed E-state index contributed by atoms with van der Waals surface area (Å²) >= 11 is 12.1. The van der Waals surface area contributed by atoms with Gasteiger partial charge in [-0.3, -0.25) is 4.79 Å². The van der Waals surface area contributed by atoms with Crippen molar-refractivity contribution >= 4 is 41.2 Å². The molecule has 0 radical (unpaired) electrons. The Morgan fingerprint density at radius 3 is 2.68 bits per heavy atom. The average molecular weight is 420 g/mol. The van der Waals surface area contributed by atoms with Crippen molar-refractivity contribution in [3.05, 3.63) is 62.3 Å². The minimum Gasteiger partial charge on any atom is -0.465 e. The zero-order valence-corrected chi connectivity index (χ0v) is 17.6. The van der Waals surface area contributed by atoms with E-state index in [2.05, 4.69) is 6.08 Å². The van der Waals surface area contributed by atoms with Gasteiger partial charge < -0.3 is 9.64 Å². The second-order valence-corrected chi connectivity index (χ2v) is 7.81. The molecule has 0 unspecified atom stereocenters. The number of rotatable bonds is 5. The van der Waals surface area contributed by atoms with Gasteiger partial charge in [0.15, 0.2) is 0 Å². The van der Waals surface area contributed by atoms with Crippen molar-refractivity contribution in [2.45, 2.75) is 39.0 Å². The van der Waals surface area contributed by atoms with E-state index in [1.54, 1.807) is 36.1 Å². The summed E-state index contributed by atoms with van der Waals surface area (Å²) in [5.74, 6) is -0.711. The normalized spacial score (nSPS) is 18.7. The molecule has 3 rings (SSSR count). The Hall–Kier alpha value is -2.04. The highest BCUT2D eigenvalue weighted by Crippen LogP contribution is 2.33. The zero-order chi connectivity index (χ0) is 20.3. The van der Waals surface area contributed by atoms with Crippen LogP contribution in [0, 0.1) is 0 Å². The van der Waals surface area contributed by atoms with Crippen LogP contribution in [0.1, 0.15) is 44.6 Å². The molecule has 0 N–H and O–H groups in total. The van der Waals surface area contributed by atoms with Crippen molar-refractivity contribution in [2.75, 3.05) is 13.7 Å². The van der Waals surface area contributed by atoms with Gasteiger partial charge in [-0.25, -0.2) is 4.79 Å². The summed E-state index contributed by atoms with van der Waals surface area (Å²) in [5, 5.41) is 0.826. The Balaban J connectivity index is 1.91. The lowest BCUT2D eigenvalue weighted by Crippen LogP contribution is -2.26. The first-order valence-electron chi connectivity index (χ1n) is 9.38. The smallest absolute Gasteiger partial charge is 0.340 e. The maximum absolute atomic E-state index is 13.1. The minimum absolute atomic E-state index is 0.194. The molecule has 1 aliphatic heterocycles. The summed E-state index contributed by atoms with van der Waals surface area (Å²) in [6, 6.07) is 5.09. The molecule has 0 bridgehead atoms. The molecule has 1 aromatic rings. The number of allylic oxidation sites excluding steroid dienone is 2. The van der Waals surface area contributed by atoms with E-state index in [9.17, 15) is 9.59 Å². The van der Waals surface area contributed by atoms with Crippen molar-refractivity contribution < 1.29 is 14.3 Å². The second kappa shape index (κ2) is 8.97. The molecule has 1 aromatic carbocycles. The summed E-state index contributed by atoms with van der Waals surface area (Å²) in [6.45, 7) is 2.34. The van der Waals surface area contributed by atoms with Crippen LogP contribution in [0.4, 0.5) is 0 Å². The standard InChI is InChI=1S/C22H23Cl2NO3/c1-14-20(22(27)28-2)17(12-16-8-9-18(23)19(24)13-16)21(26)25(14)11-10-15-6-4-3-5-7-15/h6,8-9,12-13H,3-5,7,10-11H2,1-2H3/b17-12-. The lowest BCUT2D eigenvalue weighted by molar-refractivity contribution is -0.136. The van der Waals surface area contributed by atoms with Crippen LogP contribution >= 0.6 is 23.2 Å². The number of methoxy groups -OCH3 is 1. The van der Waals surface area contributed by atoms with E-state index in [1.807, 2.05) is 0 Å². The van der Waals surface area contributed by atoms with Crippen LogP contribution in [0.2, 0.25) is 10.0 Å². The number of hydrogen-bond acceptors (Lipinski definition) is 3. The lowest BCUT2D eigenvalue weighted by Gasteiger charge is -2.20. The van der Waals surface area contributed by atoms with Crippen LogP contribution < -0.4 is 0 Å². The number of hydrogen-bond donors (Lipinski definition) is 0. The van der Waals surface area contributed by atoms with Crippen molar-refractivity contribution in [1.82, 2.24) is 4.90 Å². The Morgan fingerprint density at radius 2 is 2.04 bits per heavy atom. The first-order valence-corrected chi connectivity index (χ1v) is 10.1. The Morgan fingerprint density at radius 1 is 1.25 bits per heavy atom. The summed E-state index contributed by atoms with van der Waals surface area (Å²) in [4.78, 5) is 27.2. The molecular formula is C22H23Cl2NO3. The van der Waals surface area contributed by atoms with Crippen LogP contribution in [0.5, 0.6) is 0 Å². The number of nitrogens with zero attached hydrogens (tertiary/aromatic N) is 1. The zero-order valence-electron chi connectivity index (χ0n) is 16.1. The number of ether oxygens (including phenoxy) is 1. The Labute approximate surface area is 175 Å². The third-order valence-corrected chi connectivity index (χ3v) is 5.94. The molecule has 6 heteroatoms. The van der Waals surface area contributed by atoms with E-state index >= 15 is 0 Å². The predicted octanol–water partition coefficient (Wildman–Crippen LogP) is 5.56. The monoisotopic (exact) mass is 419 g/mol. The molecule has 2 aliphatic rings. The predicted molar refractivity (Wildman–Crippen MR) is 112 cm³/mol. The van der Waals surface area contributed by atoms with Gasteiger partial charge in [0.25, 0.3) is 5.91 Å². The molecule has 0 aromatic heterocycles. The van der Waals surface area contributed by atoms with Crippen molar-refractivity contribution in [1.29, 1.82) is 0 Å². The largest absolute Gasteiger partial charge is 0.465 e. The fourth-order valence-electron chi connectivity index (χ4n) is 3.65. The number of amides is 1. The third-order valence-electron chi connectivity index (χ3n) is 5.20. The summed E-state index contributed by atoms with van der Waals surface area (Å²) in [6.07, 6.45) is 9.38. The SMILES string of the molecule is COC(=O)C1=C(C)N(CCC2=CCCCC2)C(=O)/C1=C\c1ccc(Cl)c(Cl)c1. The van der Waals surface area contributed by atoms with Crippen LogP contribution in [0.15, 0.2) is 46.7 Å². The first-order chi connectivity index (χ1) is 13.4. The molecule has 4 nitrogen and oxygen atoms in total. The quantitative estimate of drug-likeness (QED) is 0.356. The van der Waals surface area contributed by atoms with Crippen molar-refractivity contribution in [3.8, 4) is 0 Å². The Kier molecular flexibility index (Phi) is 6.63. The van der Waals surface area contributed by atoms with Crippen molar-refractivity contribution in [3.63, 3.8) is 0 Å². The molecule has 1 amide bonds. The van der Waals surface area contributed by atoms with E-state index < -0.39 is 5.97 Å². The Bertz CT molecular complexity index is 899. The summed E-state index contributed by atoms with van der Waals surface area (Å²) < 4.78 is 4.93. The van der Waals surface area contributed by atoms with E-state index in [4.69, 9.17) is 27.9 Å². The molecule has 1 aliphatic carbocycles. The summed E-state index contributed by atoms with van der Waals surface area (Å²) in [7, 11) is 1.32. The number of carbonyl (C=O) groups is 2. The van der Waals surface area contributed by atoms with Gasteiger partial charge in [0.05, 0.1) is 28.3 Å². The van der Waals surface area contributed by atoms with Crippen molar-refractivity contribution in [2.24, 2.45) is 0 Å². The number of esters is 1. The van der Waals surface area contributed by atoms with Gasteiger partial charge in [-0.15, -0.1) is 0 Å². The molecule has 0 spiro atoms. The topological polar surface area (TPSA) is 46.6 Å². The minimum atomic E-state index is -0.517. The van der Waals surface area contributed by atoms with Gasteiger partial charge >= 0.3 is 5.97 Å². The molecule has 0 saturated carbocycles. The van der Waals surface area contributed by atoms with Gasteiger partial charge in [0, 0.05) is 12.2 Å². The van der Waals surface area contributed by atoms with E-state index in [-0.39, 0.29) is 5.91 Å². The van der Waals surface area contributed by atoms with Gasteiger partial charge in [-0.05, 0) is 62.8 Å². The first kappa shape index (κ1) is 20.7. The third kappa shape index (κ3) is 4.34. The van der Waals surface area contributed by atoms with Crippen LogP contribution in [-0.2, 0) is 14.3 Å².